The van der Waals surface area contributed by atoms with Crippen LogP contribution in [0.1, 0.15) is 26.2 Å². The average Bonchev–Trinajstić information content (AvgIpc) is 2.71. The molecule has 0 aliphatic heterocycles. The van der Waals surface area contributed by atoms with Gasteiger partial charge >= 0.3 is 5.97 Å². The number of hydrogen-bond acceptors (Lipinski definition) is 5. The van der Waals surface area contributed by atoms with Crippen molar-refractivity contribution in [3.63, 3.8) is 0 Å². The first kappa shape index (κ1) is 23.5. The molecule has 0 saturated carbocycles. The Morgan fingerprint density at radius 1 is 0.933 bits per heavy atom. The smallest absolute Gasteiger partial charge is 0.306 e. The standard InChI is InChI=1S/C21H22Cl2N2O5/c1-2-29-15-11-9-14(10-12-15)24-18(26)7-4-8-20(28)30-13-19(27)25-17-6-3-5-16(22)21(17)23/h3,5-6,9-12H,2,4,7-8,13H2,1H3,(H,24,26)(H,25,27). The van der Waals surface area contributed by atoms with Gasteiger partial charge < -0.3 is 20.1 Å². The molecule has 2 aromatic rings. The van der Waals surface area contributed by atoms with E-state index in [9.17, 15) is 14.4 Å². The Balaban J connectivity index is 1.65. The predicted octanol–water partition coefficient (Wildman–Crippen LogP) is 4.68. The van der Waals surface area contributed by atoms with Crippen LogP contribution >= 0.6 is 23.2 Å². The Kier molecular flexibility index (Phi) is 9.44. The molecule has 0 aliphatic carbocycles. The molecule has 0 saturated heterocycles. The second-order valence-electron chi connectivity index (χ2n) is 6.17. The first-order valence-electron chi connectivity index (χ1n) is 9.31. The topological polar surface area (TPSA) is 93.7 Å². The quantitative estimate of drug-likeness (QED) is 0.510. The lowest BCUT2D eigenvalue weighted by Crippen LogP contribution is -2.21. The molecule has 0 unspecified atom stereocenters. The van der Waals surface area contributed by atoms with Gasteiger partial charge in [0, 0.05) is 18.5 Å². The van der Waals surface area contributed by atoms with Crippen molar-refractivity contribution in [1.82, 2.24) is 0 Å². The number of rotatable bonds is 10. The highest BCUT2D eigenvalue weighted by atomic mass is 35.5. The van der Waals surface area contributed by atoms with Crippen LogP contribution in [0.25, 0.3) is 0 Å². The maximum Gasteiger partial charge on any atom is 0.306 e. The van der Waals surface area contributed by atoms with Gasteiger partial charge in [0.1, 0.15) is 5.75 Å². The van der Waals surface area contributed by atoms with Crippen molar-refractivity contribution in [2.24, 2.45) is 0 Å². The summed E-state index contributed by atoms with van der Waals surface area (Å²) in [6, 6.07) is 11.8. The maximum atomic E-state index is 12.0. The Hall–Kier alpha value is -2.77. The molecule has 9 heteroatoms. The third kappa shape index (κ3) is 7.93. The van der Waals surface area contributed by atoms with Crippen LogP contribution in [-0.2, 0) is 19.1 Å². The second-order valence-corrected chi connectivity index (χ2v) is 6.95. The van der Waals surface area contributed by atoms with Crippen LogP contribution in [-0.4, -0.2) is 31.0 Å². The molecule has 7 nitrogen and oxygen atoms in total. The van der Waals surface area contributed by atoms with Crippen molar-refractivity contribution in [3.8, 4) is 5.75 Å². The highest BCUT2D eigenvalue weighted by Gasteiger charge is 2.12. The van der Waals surface area contributed by atoms with Crippen molar-refractivity contribution in [2.75, 3.05) is 23.8 Å². The van der Waals surface area contributed by atoms with Crippen molar-refractivity contribution in [1.29, 1.82) is 0 Å². The number of amides is 2. The molecule has 2 N–H and O–H groups in total. The molecule has 0 aromatic heterocycles. The lowest BCUT2D eigenvalue weighted by molar-refractivity contribution is -0.147. The van der Waals surface area contributed by atoms with Gasteiger partial charge in [-0.2, -0.15) is 0 Å². The van der Waals surface area contributed by atoms with Crippen molar-refractivity contribution in [3.05, 3.63) is 52.5 Å². The van der Waals surface area contributed by atoms with E-state index in [-0.39, 0.29) is 23.8 Å². The summed E-state index contributed by atoms with van der Waals surface area (Å²) in [6.07, 6.45) is 0.456. The van der Waals surface area contributed by atoms with E-state index in [1.54, 1.807) is 42.5 Å². The summed E-state index contributed by atoms with van der Waals surface area (Å²) in [5.74, 6) is -0.614. The van der Waals surface area contributed by atoms with E-state index in [4.69, 9.17) is 32.7 Å². The fourth-order valence-electron chi connectivity index (χ4n) is 2.42. The normalized spacial score (nSPS) is 10.2. The summed E-state index contributed by atoms with van der Waals surface area (Å²) >= 11 is 11.9. The van der Waals surface area contributed by atoms with Gasteiger partial charge in [-0.25, -0.2) is 0 Å². The van der Waals surface area contributed by atoms with E-state index < -0.39 is 18.5 Å². The molecule has 30 heavy (non-hydrogen) atoms. The van der Waals surface area contributed by atoms with Gasteiger partial charge in [0.25, 0.3) is 5.91 Å². The lowest BCUT2D eigenvalue weighted by Gasteiger charge is -2.09. The van der Waals surface area contributed by atoms with Gasteiger partial charge in [0.15, 0.2) is 6.61 Å². The number of nitrogens with one attached hydrogen (secondary N) is 2. The molecule has 0 fully saturated rings. The molecule has 2 rings (SSSR count). The maximum absolute atomic E-state index is 12.0. The van der Waals surface area contributed by atoms with Crippen molar-refractivity contribution in [2.45, 2.75) is 26.2 Å². The van der Waals surface area contributed by atoms with Crippen molar-refractivity contribution >= 4 is 52.4 Å². The third-order valence-corrected chi connectivity index (χ3v) is 4.64. The average molecular weight is 453 g/mol. The molecule has 2 aromatic carbocycles. The summed E-state index contributed by atoms with van der Waals surface area (Å²) in [7, 11) is 0. The van der Waals surface area contributed by atoms with Crippen molar-refractivity contribution < 1.29 is 23.9 Å². The Morgan fingerprint density at radius 3 is 2.37 bits per heavy atom. The van der Waals surface area contributed by atoms with Crippen LogP contribution in [0.3, 0.4) is 0 Å². The number of carbonyl (C=O) groups excluding carboxylic acids is 3. The monoisotopic (exact) mass is 452 g/mol. The van der Waals surface area contributed by atoms with E-state index in [2.05, 4.69) is 10.6 Å². The third-order valence-electron chi connectivity index (χ3n) is 3.82. The SMILES string of the molecule is CCOc1ccc(NC(=O)CCCC(=O)OCC(=O)Nc2cccc(Cl)c2Cl)cc1. The Bertz CT molecular complexity index is 887. The molecule has 0 atom stereocenters. The summed E-state index contributed by atoms with van der Waals surface area (Å²) in [6.45, 7) is 2.00. The molecule has 0 heterocycles. The zero-order valence-electron chi connectivity index (χ0n) is 16.4. The van der Waals surface area contributed by atoms with Gasteiger partial charge in [0.05, 0.1) is 22.3 Å². The van der Waals surface area contributed by atoms with E-state index in [1.165, 1.54) is 0 Å². The van der Waals surface area contributed by atoms with E-state index >= 15 is 0 Å². The lowest BCUT2D eigenvalue weighted by atomic mass is 10.2. The molecule has 0 radical (unpaired) electrons. The van der Waals surface area contributed by atoms with E-state index in [1.807, 2.05) is 6.92 Å². The fourth-order valence-corrected chi connectivity index (χ4v) is 2.77. The molecule has 0 aliphatic rings. The zero-order valence-corrected chi connectivity index (χ0v) is 17.9. The van der Waals surface area contributed by atoms with E-state index in [0.29, 0.717) is 29.4 Å². The molecular formula is C21H22Cl2N2O5. The van der Waals surface area contributed by atoms with Crippen LogP contribution in [0, 0.1) is 0 Å². The minimum absolute atomic E-state index is 0.0158. The van der Waals surface area contributed by atoms with Gasteiger partial charge in [-0.3, -0.25) is 14.4 Å². The minimum Gasteiger partial charge on any atom is -0.494 e. The molecule has 2 amide bonds. The van der Waals surface area contributed by atoms with E-state index in [0.717, 1.165) is 5.75 Å². The summed E-state index contributed by atoms with van der Waals surface area (Å²) in [5.41, 5.74) is 0.971. The Morgan fingerprint density at radius 2 is 1.67 bits per heavy atom. The number of hydrogen-bond donors (Lipinski definition) is 2. The van der Waals surface area contributed by atoms with Gasteiger partial charge in [-0.05, 0) is 49.7 Å². The largest absolute Gasteiger partial charge is 0.494 e. The molecule has 0 bridgehead atoms. The molecular weight excluding hydrogens is 431 g/mol. The molecule has 160 valence electrons. The first-order chi connectivity index (χ1) is 14.4. The van der Waals surface area contributed by atoms with Crippen LogP contribution in [0.5, 0.6) is 5.75 Å². The highest BCUT2D eigenvalue weighted by Crippen LogP contribution is 2.29. The predicted molar refractivity (Wildman–Crippen MR) is 116 cm³/mol. The molecule has 0 spiro atoms. The summed E-state index contributed by atoms with van der Waals surface area (Å²) in [5, 5.41) is 5.76. The second kappa shape index (κ2) is 12.0. The number of anilines is 2. The highest BCUT2D eigenvalue weighted by molar-refractivity contribution is 6.44. The van der Waals surface area contributed by atoms with Gasteiger partial charge in [0.2, 0.25) is 5.91 Å². The van der Waals surface area contributed by atoms with Crippen LogP contribution < -0.4 is 15.4 Å². The number of esters is 1. The first-order valence-corrected chi connectivity index (χ1v) is 10.1. The summed E-state index contributed by atoms with van der Waals surface area (Å²) in [4.78, 5) is 35.6. The fraction of sp³-hybridized carbons (Fsp3) is 0.286. The van der Waals surface area contributed by atoms with Gasteiger partial charge in [-0.15, -0.1) is 0 Å². The Labute approximate surface area is 184 Å². The number of carbonyl (C=O) groups is 3. The van der Waals surface area contributed by atoms with Crippen LogP contribution in [0.15, 0.2) is 42.5 Å². The zero-order chi connectivity index (χ0) is 21.9. The van der Waals surface area contributed by atoms with Crippen LogP contribution in [0.2, 0.25) is 10.0 Å². The number of benzene rings is 2. The van der Waals surface area contributed by atoms with Crippen LogP contribution in [0.4, 0.5) is 11.4 Å². The minimum atomic E-state index is -0.573. The number of halogens is 2. The van der Waals surface area contributed by atoms with Gasteiger partial charge in [-0.1, -0.05) is 29.3 Å². The summed E-state index contributed by atoms with van der Waals surface area (Å²) < 4.78 is 10.2. The number of ether oxygens (including phenoxy) is 2.